The summed E-state index contributed by atoms with van der Waals surface area (Å²) >= 11 is 0. The van der Waals surface area contributed by atoms with Gasteiger partial charge in [-0.25, -0.2) is 0 Å². The van der Waals surface area contributed by atoms with E-state index in [0.717, 1.165) is 25.4 Å². The molecule has 2 heteroatoms. The van der Waals surface area contributed by atoms with Gasteiger partial charge in [-0.3, -0.25) is 0 Å². The average molecular weight is 127 g/mol. The summed E-state index contributed by atoms with van der Waals surface area (Å²) < 4.78 is 0. The number of hydrogen-bond acceptors (Lipinski definition) is 2. The molecule has 0 unspecified atom stereocenters. The summed E-state index contributed by atoms with van der Waals surface area (Å²) in [5.74, 6) is 1.35. The fraction of sp³-hybridized carbons (Fsp3) is 1.00. The fourth-order valence-corrected chi connectivity index (χ4v) is 2.07. The first-order chi connectivity index (χ1) is 4.36. The number of fused-ring (bicyclic) bond motifs is 2. The Kier molecular flexibility index (Phi) is 1.24. The Morgan fingerprint density at radius 1 is 1.22 bits per heavy atom. The molecule has 0 spiro atoms. The maximum Gasteiger partial charge on any atom is 0.0583 e. The molecule has 1 saturated carbocycles. The first kappa shape index (κ1) is 5.69. The smallest absolute Gasteiger partial charge is 0.0583 e. The quantitative estimate of drug-likeness (QED) is 0.479. The summed E-state index contributed by atoms with van der Waals surface area (Å²) in [7, 11) is 0. The summed E-state index contributed by atoms with van der Waals surface area (Å²) in [6.07, 6.45) is 2.30. The molecule has 2 bridgehead atoms. The highest BCUT2D eigenvalue weighted by Crippen LogP contribution is 2.32. The van der Waals surface area contributed by atoms with Crippen molar-refractivity contribution in [3.05, 3.63) is 0 Å². The largest absolute Gasteiger partial charge is 0.393 e. The lowest BCUT2D eigenvalue weighted by Gasteiger charge is -2.19. The molecule has 2 rings (SSSR count). The Morgan fingerprint density at radius 2 is 2.11 bits per heavy atom. The average Bonchev–Trinajstić information content (AvgIpc) is 2.09. The van der Waals surface area contributed by atoms with Crippen molar-refractivity contribution in [3.8, 4) is 0 Å². The van der Waals surface area contributed by atoms with E-state index in [1.807, 2.05) is 0 Å². The van der Waals surface area contributed by atoms with Gasteiger partial charge in [0.15, 0.2) is 0 Å². The van der Waals surface area contributed by atoms with Crippen LogP contribution in [0.25, 0.3) is 0 Å². The van der Waals surface area contributed by atoms with Crippen LogP contribution in [0.3, 0.4) is 0 Å². The van der Waals surface area contributed by atoms with Crippen molar-refractivity contribution in [3.63, 3.8) is 0 Å². The van der Waals surface area contributed by atoms with E-state index in [9.17, 15) is 5.11 Å². The van der Waals surface area contributed by atoms with Gasteiger partial charge in [-0.05, 0) is 31.2 Å². The van der Waals surface area contributed by atoms with Crippen molar-refractivity contribution in [2.24, 2.45) is 11.8 Å². The van der Waals surface area contributed by atoms with Crippen LogP contribution < -0.4 is 5.32 Å². The molecular formula is C7H13NO. The molecule has 1 aliphatic carbocycles. The van der Waals surface area contributed by atoms with Crippen molar-refractivity contribution < 1.29 is 5.11 Å². The lowest BCUT2D eigenvalue weighted by atomic mass is 10.0. The Bertz CT molecular complexity index is 113. The zero-order valence-corrected chi connectivity index (χ0v) is 5.51. The Labute approximate surface area is 55.3 Å². The molecule has 2 nitrogen and oxygen atoms in total. The van der Waals surface area contributed by atoms with Crippen LogP contribution in [-0.2, 0) is 0 Å². The van der Waals surface area contributed by atoms with Crippen LogP contribution >= 0.6 is 0 Å². The molecule has 1 aliphatic heterocycles. The lowest BCUT2D eigenvalue weighted by Crippen LogP contribution is -2.32. The van der Waals surface area contributed by atoms with Gasteiger partial charge in [0.25, 0.3) is 0 Å². The van der Waals surface area contributed by atoms with Gasteiger partial charge in [0.2, 0.25) is 0 Å². The second-order valence-corrected chi connectivity index (χ2v) is 3.32. The first-order valence-electron chi connectivity index (χ1n) is 3.75. The van der Waals surface area contributed by atoms with Gasteiger partial charge in [-0.2, -0.15) is 0 Å². The summed E-state index contributed by atoms with van der Waals surface area (Å²) in [5.41, 5.74) is 0. The monoisotopic (exact) mass is 127 g/mol. The zero-order chi connectivity index (χ0) is 6.27. The van der Waals surface area contributed by atoms with Crippen LogP contribution in [0, 0.1) is 11.8 Å². The summed E-state index contributed by atoms with van der Waals surface area (Å²) in [6.45, 7) is 2.17. The van der Waals surface area contributed by atoms with Gasteiger partial charge in [0, 0.05) is 6.54 Å². The predicted octanol–water partition coefficient (Wildman–Crippen LogP) is -0.0233. The van der Waals surface area contributed by atoms with E-state index in [2.05, 4.69) is 5.32 Å². The Morgan fingerprint density at radius 3 is 2.78 bits per heavy atom. The molecule has 1 heterocycles. The van der Waals surface area contributed by atoms with E-state index < -0.39 is 0 Å². The Balaban J connectivity index is 2.07. The third kappa shape index (κ3) is 0.864. The minimum Gasteiger partial charge on any atom is -0.393 e. The van der Waals surface area contributed by atoms with E-state index in [0.29, 0.717) is 5.92 Å². The van der Waals surface area contributed by atoms with Gasteiger partial charge in [-0.15, -0.1) is 0 Å². The van der Waals surface area contributed by atoms with Crippen LogP contribution in [0.2, 0.25) is 0 Å². The first-order valence-corrected chi connectivity index (χ1v) is 3.75. The maximum absolute atomic E-state index is 9.36. The molecule has 1 saturated heterocycles. The highest BCUT2D eigenvalue weighted by atomic mass is 16.3. The van der Waals surface area contributed by atoms with Gasteiger partial charge in [0.05, 0.1) is 6.10 Å². The molecule has 2 aliphatic rings. The molecule has 0 radical (unpaired) electrons. The van der Waals surface area contributed by atoms with Crippen LogP contribution in [0.1, 0.15) is 12.8 Å². The van der Waals surface area contributed by atoms with Crippen molar-refractivity contribution in [2.75, 3.05) is 13.1 Å². The molecule has 2 N–H and O–H groups in total. The molecule has 52 valence electrons. The van der Waals surface area contributed by atoms with Gasteiger partial charge in [-0.1, -0.05) is 0 Å². The van der Waals surface area contributed by atoms with Crippen LogP contribution in [0.4, 0.5) is 0 Å². The van der Waals surface area contributed by atoms with Crippen molar-refractivity contribution in [1.29, 1.82) is 0 Å². The minimum absolute atomic E-state index is 0.00463. The molecule has 2 fully saturated rings. The standard InChI is InChI=1S/C7H13NO/c9-7-2-5-1-6(7)4-8-3-5/h5-9H,1-4H2/t5-,6-,7+/m0/s1. The third-order valence-electron chi connectivity index (χ3n) is 2.59. The summed E-state index contributed by atoms with van der Waals surface area (Å²) in [5, 5.41) is 12.7. The van der Waals surface area contributed by atoms with E-state index in [1.54, 1.807) is 0 Å². The second kappa shape index (κ2) is 1.96. The molecule has 3 atom stereocenters. The fourth-order valence-electron chi connectivity index (χ4n) is 2.07. The number of nitrogens with one attached hydrogen (secondary N) is 1. The molecule has 0 aromatic rings. The van der Waals surface area contributed by atoms with E-state index >= 15 is 0 Å². The number of aliphatic hydroxyl groups excluding tert-OH is 1. The molecular weight excluding hydrogens is 114 g/mol. The number of aliphatic hydroxyl groups is 1. The van der Waals surface area contributed by atoms with Crippen molar-refractivity contribution >= 4 is 0 Å². The van der Waals surface area contributed by atoms with Crippen LogP contribution in [0.15, 0.2) is 0 Å². The normalized spacial score (nSPS) is 49.7. The number of hydrogen-bond donors (Lipinski definition) is 2. The van der Waals surface area contributed by atoms with Crippen LogP contribution in [-0.4, -0.2) is 24.3 Å². The second-order valence-electron chi connectivity index (χ2n) is 3.32. The highest BCUT2D eigenvalue weighted by Gasteiger charge is 2.35. The molecule has 0 aromatic carbocycles. The minimum atomic E-state index is 0.00463. The van der Waals surface area contributed by atoms with Gasteiger partial charge in [0.1, 0.15) is 0 Å². The Hall–Kier alpha value is -0.0800. The van der Waals surface area contributed by atoms with E-state index in [1.165, 1.54) is 6.42 Å². The lowest BCUT2D eigenvalue weighted by molar-refractivity contribution is 0.135. The third-order valence-corrected chi connectivity index (χ3v) is 2.59. The molecule has 9 heavy (non-hydrogen) atoms. The SMILES string of the molecule is O[C@@H]1C[C@H]2CNC[C@@H]1C2. The molecule has 0 aromatic heterocycles. The molecule has 0 amide bonds. The van der Waals surface area contributed by atoms with Gasteiger partial charge < -0.3 is 10.4 Å². The number of rotatable bonds is 0. The van der Waals surface area contributed by atoms with E-state index in [-0.39, 0.29) is 6.10 Å². The maximum atomic E-state index is 9.36. The summed E-state index contributed by atoms with van der Waals surface area (Å²) in [6, 6.07) is 0. The van der Waals surface area contributed by atoms with Crippen molar-refractivity contribution in [1.82, 2.24) is 5.32 Å². The van der Waals surface area contributed by atoms with Crippen LogP contribution in [0.5, 0.6) is 0 Å². The predicted molar refractivity (Wildman–Crippen MR) is 35.1 cm³/mol. The summed E-state index contributed by atoms with van der Waals surface area (Å²) in [4.78, 5) is 0. The highest BCUT2D eigenvalue weighted by molar-refractivity contribution is 4.89. The topological polar surface area (TPSA) is 32.3 Å². The number of piperidine rings is 1. The van der Waals surface area contributed by atoms with Crippen molar-refractivity contribution in [2.45, 2.75) is 18.9 Å². The van der Waals surface area contributed by atoms with E-state index in [4.69, 9.17) is 0 Å². The van der Waals surface area contributed by atoms with Gasteiger partial charge >= 0.3 is 0 Å². The zero-order valence-electron chi connectivity index (χ0n) is 5.51.